The predicted octanol–water partition coefficient (Wildman–Crippen LogP) is 4.45. The van der Waals surface area contributed by atoms with Crippen LogP contribution in [0, 0.1) is 16.0 Å². The third kappa shape index (κ3) is 3.66. The van der Waals surface area contributed by atoms with Gasteiger partial charge in [-0.2, -0.15) is 0 Å². The molecule has 7 nitrogen and oxygen atoms in total. The molecule has 0 saturated heterocycles. The van der Waals surface area contributed by atoms with Crippen LogP contribution in [-0.4, -0.2) is 31.1 Å². The minimum Gasteiger partial charge on any atom is -0.383 e. The zero-order chi connectivity index (χ0) is 21.3. The third-order valence-electron chi connectivity index (χ3n) is 5.76. The minimum absolute atomic E-state index is 0.00454. The van der Waals surface area contributed by atoms with E-state index < -0.39 is 4.92 Å². The Bertz CT molecular complexity index is 1020. The molecule has 3 atom stereocenters. The first-order valence-electron chi connectivity index (χ1n) is 9.78. The van der Waals surface area contributed by atoms with E-state index in [-0.39, 0.29) is 29.5 Å². The number of fused-ring (bicyclic) bond motifs is 3. The lowest BCUT2D eigenvalue weighted by Crippen LogP contribution is -2.33. The van der Waals surface area contributed by atoms with Crippen molar-refractivity contribution in [1.82, 2.24) is 5.32 Å². The Labute approximate surface area is 179 Å². The van der Waals surface area contributed by atoms with E-state index in [9.17, 15) is 14.9 Å². The lowest BCUT2D eigenvalue weighted by molar-refractivity contribution is -0.384. The first-order valence-corrected chi connectivity index (χ1v) is 10.2. The largest absolute Gasteiger partial charge is 0.383 e. The number of non-ortho nitro benzene ring substituents is 1. The van der Waals surface area contributed by atoms with Gasteiger partial charge in [0.2, 0.25) is 0 Å². The molecule has 30 heavy (non-hydrogen) atoms. The number of anilines is 1. The molecule has 0 saturated carbocycles. The zero-order valence-electron chi connectivity index (χ0n) is 16.4. The maximum absolute atomic E-state index is 12.8. The number of para-hydroxylation sites is 1. The SMILES string of the molecule is COCCNC(=O)c1cccc2c1NC(c1cc([N+](=O)[O-])ccc1Cl)C1CC=CC21. The van der Waals surface area contributed by atoms with E-state index >= 15 is 0 Å². The molecule has 2 aromatic rings. The predicted molar refractivity (Wildman–Crippen MR) is 115 cm³/mol. The second-order valence-corrected chi connectivity index (χ2v) is 7.86. The van der Waals surface area contributed by atoms with Gasteiger partial charge in [0, 0.05) is 42.3 Å². The molecular weight excluding hydrogens is 406 g/mol. The topological polar surface area (TPSA) is 93.5 Å². The fraction of sp³-hybridized carbons (Fsp3) is 0.318. The Hall–Kier alpha value is -2.90. The number of halogens is 1. The van der Waals surface area contributed by atoms with Gasteiger partial charge >= 0.3 is 0 Å². The van der Waals surface area contributed by atoms with Crippen LogP contribution in [0.15, 0.2) is 48.6 Å². The number of nitro groups is 1. The smallest absolute Gasteiger partial charge is 0.269 e. The number of carbonyl (C=O) groups is 1. The molecule has 1 heterocycles. The van der Waals surface area contributed by atoms with E-state index in [0.717, 1.165) is 17.7 Å². The molecule has 1 aliphatic carbocycles. The van der Waals surface area contributed by atoms with Gasteiger partial charge in [-0.3, -0.25) is 14.9 Å². The fourth-order valence-electron chi connectivity index (χ4n) is 4.36. The van der Waals surface area contributed by atoms with E-state index in [1.807, 2.05) is 12.1 Å². The van der Waals surface area contributed by atoms with E-state index in [1.165, 1.54) is 12.1 Å². The van der Waals surface area contributed by atoms with Gasteiger partial charge in [0.25, 0.3) is 11.6 Å². The molecule has 0 bridgehead atoms. The summed E-state index contributed by atoms with van der Waals surface area (Å²) in [6, 6.07) is 9.93. The second-order valence-electron chi connectivity index (χ2n) is 7.46. The molecule has 2 aromatic carbocycles. The summed E-state index contributed by atoms with van der Waals surface area (Å²) in [5.41, 5.74) is 2.99. The number of hydrogen-bond donors (Lipinski definition) is 2. The van der Waals surface area contributed by atoms with Crippen molar-refractivity contribution in [3.63, 3.8) is 0 Å². The Morgan fingerprint density at radius 1 is 1.33 bits per heavy atom. The van der Waals surface area contributed by atoms with E-state index in [0.29, 0.717) is 29.3 Å². The normalized spacial score (nSPS) is 21.5. The summed E-state index contributed by atoms with van der Waals surface area (Å²) in [5, 5.41) is 18.1. The minimum atomic E-state index is -0.421. The Balaban J connectivity index is 1.75. The van der Waals surface area contributed by atoms with Crippen LogP contribution in [0.25, 0.3) is 0 Å². The van der Waals surface area contributed by atoms with Crippen molar-refractivity contribution in [2.24, 2.45) is 5.92 Å². The van der Waals surface area contributed by atoms with Crippen LogP contribution in [0.2, 0.25) is 5.02 Å². The molecule has 8 heteroatoms. The van der Waals surface area contributed by atoms with Gasteiger partial charge in [0.05, 0.1) is 28.8 Å². The van der Waals surface area contributed by atoms with E-state index in [4.69, 9.17) is 16.3 Å². The monoisotopic (exact) mass is 427 g/mol. The van der Waals surface area contributed by atoms with Crippen LogP contribution in [0.5, 0.6) is 0 Å². The van der Waals surface area contributed by atoms with Gasteiger partial charge in [-0.15, -0.1) is 0 Å². The molecule has 156 valence electrons. The lowest BCUT2D eigenvalue weighted by atomic mass is 9.76. The number of nitro benzene ring substituents is 1. The van der Waals surface area contributed by atoms with Crippen LogP contribution in [-0.2, 0) is 4.74 Å². The van der Waals surface area contributed by atoms with Crippen LogP contribution >= 0.6 is 11.6 Å². The highest BCUT2D eigenvalue weighted by Crippen LogP contribution is 2.51. The molecule has 0 fully saturated rings. The standard InChI is InChI=1S/C22H22ClN3O4/c1-30-11-10-24-22(27)17-7-3-6-15-14-4-2-5-16(14)21(25-20(15)17)18-12-13(26(28)29)8-9-19(18)23/h2-4,6-9,12,14,16,21,25H,5,10-11H2,1H3,(H,24,27). The average molecular weight is 428 g/mol. The average Bonchev–Trinajstić information content (AvgIpc) is 3.23. The molecule has 1 amide bonds. The summed E-state index contributed by atoms with van der Waals surface area (Å²) < 4.78 is 5.01. The number of nitrogens with one attached hydrogen (secondary N) is 2. The van der Waals surface area contributed by atoms with Gasteiger partial charge in [-0.1, -0.05) is 35.9 Å². The number of allylic oxidation sites excluding steroid dienone is 2. The highest BCUT2D eigenvalue weighted by atomic mass is 35.5. The van der Waals surface area contributed by atoms with Gasteiger partial charge in [-0.25, -0.2) is 0 Å². The van der Waals surface area contributed by atoms with Crippen LogP contribution in [0.1, 0.15) is 39.9 Å². The van der Waals surface area contributed by atoms with Crippen molar-refractivity contribution in [2.45, 2.75) is 18.4 Å². The van der Waals surface area contributed by atoms with Crippen molar-refractivity contribution in [1.29, 1.82) is 0 Å². The number of benzene rings is 2. The molecule has 4 rings (SSSR count). The molecule has 0 radical (unpaired) electrons. The Kier molecular flexibility index (Phi) is 5.74. The molecular formula is C22H22ClN3O4. The third-order valence-corrected chi connectivity index (χ3v) is 6.10. The van der Waals surface area contributed by atoms with Crippen molar-refractivity contribution in [2.75, 3.05) is 25.6 Å². The second kappa shape index (κ2) is 8.45. The van der Waals surface area contributed by atoms with E-state index in [1.54, 1.807) is 19.2 Å². The molecule has 2 N–H and O–H groups in total. The molecule has 0 aromatic heterocycles. The number of carbonyl (C=O) groups excluding carboxylic acids is 1. The molecule has 2 aliphatic rings. The van der Waals surface area contributed by atoms with Gasteiger partial charge < -0.3 is 15.4 Å². The number of methoxy groups -OCH3 is 1. The van der Waals surface area contributed by atoms with Crippen LogP contribution in [0.4, 0.5) is 11.4 Å². The highest BCUT2D eigenvalue weighted by molar-refractivity contribution is 6.31. The lowest BCUT2D eigenvalue weighted by Gasteiger charge is -2.38. The van der Waals surface area contributed by atoms with Crippen molar-refractivity contribution in [3.8, 4) is 0 Å². The van der Waals surface area contributed by atoms with Crippen molar-refractivity contribution in [3.05, 3.63) is 80.4 Å². The first kappa shape index (κ1) is 20.4. The first-order chi connectivity index (χ1) is 14.5. The molecule has 0 spiro atoms. The summed E-state index contributed by atoms with van der Waals surface area (Å²) in [5.74, 6) is 0.0674. The van der Waals surface area contributed by atoms with Crippen LogP contribution < -0.4 is 10.6 Å². The number of nitrogens with zero attached hydrogens (tertiary/aromatic N) is 1. The maximum atomic E-state index is 12.8. The Morgan fingerprint density at radius 3 is 2.93 bits per heavy atom. The zero-order valence-corrected chi connectivity index (χ0v) is 17.2. The highest BCUT2D eigenvalue weighted by Gasteiger charge is 2.40. The summed E-state index contributed by atoms with van der Waals surface area (Å²) >= 11 is 6.46. The van der Waals surface area contributed by atoms with Gasteiger partial charge in [0.15, 0.2) is 0 Å². The summed E-state index contributed by atoms with van der Waals surface area (Å²) in [6.45, 7) is 0.832. The summed E-state index contributed by atoms with van der Waals surface area (Å²) in [6.07, 6.45) is 5.09. The van der Waals surface area contributed by atoms with Crippen molar-refractivity contribution < 1.29 is 14.5 Å². The Morgan fingerprint density at radius 2 is 2.17 bits per heavy atom. The molecule has 1 aliphatic heterocycles. The summed E-state index contributed by atoms with van der Waals surface area (Å²) in [7, 11) is 1.58. The summed E-state index contributed by atoms with van der Waals surface area (Å²) in [4.78, 5) is 23.7. The maximum Gasteiger partial charge on any atom is 0.269 e. The molecule has 3 unspecified atom stereocenters. The van der Waals surface area contributed by atoms with E-state index in [2.05, 4.69) is 22.8 Å². The quantitative estimate of drug-likeness (QED) is 0.307. The van der Waals surface area contributed by atoms with Crippen LogP contribution in [0.3, 0.4) is 0 Å². The number of ether oxygens (including phenoxy) is 1. The van der Waals surface area contributed by atoms with Crippen molar-refractivity contribution >= 4 is 28.9 Å². The van der Waals surface area contributed by atoms with Gasteiger partial charge in [-0.05, 0) is 30.0 Å². The number of hydrogen-bond acceptors (Lipinski definition) is 5. The van der Waals surface area contributed by atoms with Gasteiger partial charge in [0.1, 0.15) is 0 Å². The number of rotatable bonds is 6. The fourth-order valence-corrected chi connectivity index (χ4v) is 4.60. The number of amides is 1.